The zero-order chi connectivity index (χ0) is 16.4. The first-order valence-corrected chi connectivity index (χ1v) is 7.99. The maximum absolute atomic E-state index is 12.2. The van der Waals surface area contributed by atoms with Gasteiger partial charge in [-0.3, -0.25) is 4.79 Å². The number of ether oxygens (including phenoxy) is 1. The summed E-state index contributed by atoms with van der Waals surface area (Å²) < 4.78 is 5.24. The van der Waals surface area contributed by atoms with E-state index < -0.39 is 11.9 Å². The Bertz CT molecular complexity index is 598. The second-order valence-electron chi connectivity index (χ2n) is 6.36. The number of carboxylic acid groups (broad SMARTS) is 1. The van der Waals surface area contributed by atoms with E-state index in [4.69, 9.17) is 9.84 Å². The molecule has 6 nitrogen and oxygen atoms in total. The van der Waals surface area contributed by atoms with Gasteiger partial charge in [0.05, 0.1) is 13.0 Å². The van der Waals surface area contributed by atoms with Crippen molar-refractivity contribution in [2.24, 2.45) is 5.92 Å². The molecule has 1 aliphatic carbocycles. The van der Waals surface area contributed by atoms with Crippen LogP contribution in [0.25, 0.3) is 0 Å². The Kier molecular flexibility index (Phi) is 4.41. The molecule has 1 heterocycles. The monoisotopic (exact) mass is 318 g/mol. The number of nitrogens with one attached hydrogen (secondary N) is 1. The Morgan fingerprint density at radius 1 is 1.35 bits per heavy atom. The van der Waals surface area contributed by atoms with Gasteiger partial charge < -0.3 is 20.1 Å². The molecule has 1 aliphatic heterocycles. The van der Waals surface area contributed by atoms with Crippen LogP contribution in [-0.2, 0) is 4.79 Å². The van der Waals surface area contributed by atoms with Crippen LogP contribution in [0.4, 0.5) is 4.79 Å². The third kappa shape index (κ3) is 3.41. The van der Waals surface area contributed by atoms with Crippen molar-refractivity contribution in [1.82, 2.24) is 10.2 Å². The van der Waals surface area contributed by atoms with Gasteiger partial charge in [-0.25, -0.2) is 4.79 Å². The molecule has 2 aliphatic rings. The summed E-state index contributed by atoms with van der Waals surface area (Å²) in [6, 6.07) is 8.07. The molecule has 2 amide bonds. The van der Waals surface area contributed by atoms with Crippen molar-refractivity contribution < 1.29 is 19.4 Å². The third-order valence-electron chi connectivity index (χ3n) is 4.86. The number of amides is 2. The fourth-order valence-electron chi connectivity index (χ4n) is 3.32. The molecule has 1 aromatic carbocycles. The fourth-order valence-corrected chi connectivity index (χ4v) is 3.32. The number of carbonyl (C=O) groups is 2. The van der Waals surface area contributed by atoms with E-state index in [-0.39, 0.29) is 12.1 Å². The van der Waals surface area contributed by atoms with E-state index in [1.54, 1.807) is 12.0 Å². The van der Waals surface area contributed by atoms with Gasteiger partial charge in [0, 0.05) is 19.1 Å². The van der Waals surface area contributed by atoms with E-state index in [1.807, 2.05) is 18.2 Å². The topological polar surface area (TPSA) is 78.9 Å². The van der Waals surface area contributed by atoms with Crippen LogP contribution in [0.2, 0.25) is 0 Å². The molecule has 0 radical (unpaired) electrons. The van der Waals surface area contributed by atoms with Crippen molar-refractivity contribution in [2.75, 3.05) is 20.2 Å². The zero-order valence-corrected chi connectivity index (χ0v) is 13.2. The largest absolute Gasteiger partial charge is 0.497 e. The molecule has 0 spiro atoms. The summed E-state index contributed by atoms with van der Waals surface area (Å²) in [6.07, 6.45) is 2.37. The average Bonchev–Trinajstić information content (AvgIpc) is 3.00. The Hall–Kier alpha value is -2.24. The minimum absolute atomic E-state index is 0.136. The van der Waals surface area contributed by atoms with Crippen LogP contribution in [0, 0.1) is 5.92 Å². The first kappa shape index (κ1) is 15.6. The minimum Gasteiger partial charge on any atom is -0.497 e. The van der Waals surface area contributed by atoms with Gasteiger partial charge in [0.1, 0.15) is 5.75 Å². The third-order valence-corrected chi connectivity index (χ3v) is 4.86. The summed E-state index contributed by atoms with van der Waals surface area (Å²) in [5.74, 6) is 0.0567. The Balaban J connectivity index is 1.47. The fraction of sp³-hybridized carbons (Fsp3) is 0.529. The van der Waals surface area contributed by atoms with Crippen LogP contribution < -0.4 is 10.1 Å². The molecule has 1 unspecified atom stereocenters. The lowest BCUT2D eigenvalue weighted by atomic mass is 9.76. The van der Waals surface area contributed by atoms with Crippen molar-refractivity contribution in [3.05, 3.63) is 29.8 Å². The molecule has 23 heavy (non-hydrogen) atoms. The summed E-state index contributed by atoms with van der Waals surface area (Å²) >= 11 is 0. The summed E-state index contributed by atoms with van der Waals surface area (Å²) in [5, 5.41) is 12.0. The normalized spacial score (nSPS) is 26.5. The van der Waals surface area contributed by atoms with E-state index >= 15 is 0 Å². The number of rotatable bonds is 4. The van der Waals surface area contributed by atoms with Gasteiger partial charge in [-0.2, -0.15) is 0 Å². The second kappa shape index (κ2) is 6.48. The van der Waals surface area contributed by atoms with Crippen molar-refractivity contribution in [2.45, 2.75) is 31.2 Å². The standard InChI is InChI=1S/C17H22N2O4/c1-23-15-4-2-3-11(9-15)13-7-14(8-13)18-17(22)19-6-5-12(10-19)16(20)21/h2-4,9,12-14H,5-8,10H2,1H3,(H,18,22)(H,20,21). The summed E-state index contributed by atoms with van der Waals surface area (Å²) in [5.41, 5.74) is 1.24. The number of methoxy groups -OCH3 is 1. The number of hydrogen-bond donors (Lipinski definition) is 2. The SMILES string of the molecule is COc1cccc(C2CC(NC(=O)N3CCC(C(=O)O)C3)C2)c1. The van der Waals surface area contributed by atoms with Crippen LogP contribution >= 0.6 is 0 Å². The van der Waals surface area contributed by atoms with Crippen molar-refractivity contribution in [3.8, 4) is 5.75 Å². The maximum atomic E-state index is 12.2. The number of nitrogens with zero attached hydrogens (tertiary/aromatic N) is 1. The van der Waals surface area contributed by atoms with Crippen LogP contribution in [0.1, 0.15) is 30.7 Å². The lowest BCUT2D eigenvalue weighted by Crippen LogP contribution is -2.48. The van der Waals surface area contributed by atoms with Crippen molar-refractivity contribution in [3.63, 3.8) is 0 Å². The van der Waals surface area contributed by atoms with Gasteiger partial charge in [0.15, 0.2) is 0 Å². The number of carbonyl (C=O) groups excluding carboxylic acids is 1. The molecular formula is C17H22N2O4. The quantitative estimate of drug-likeness (QED) is 0.890. The molecule has 1 saturated carbocycles. The number of carboxylic acids is 1. The van der Waals surface area contributed by atoms with Crippen LogP contribution in [0.15, 0.2) is 24.3 Å². The lowest BCUT2D eigenvalue weighted by molar-refractivity contribution is -0.141. The van der Waals surface area contributed by atoms with Gasteiger partial charge >= 0.3 is 12.0 Å². The Morgan fingerprint density at radius 3 is 2.78 bits per heavy atom. The molecule has 0 bridgehead atoms. The number of benzene rings is 1. The minimum atomic E-state index is -0.818. The van der Waals surface area contributed by atoms with E-state index in [0.717, 1.165) is 18.6 Å². The lowest BCUT2D eigenvalue weighted by Gasteiger charge is -2.37. The molecule has 2 fully saturated rings. The van der Waals surface area contributed by atoms with Crippen LogP contribution in [0.5, 0.6) is 5.75 Å². The zero-order valence-electron chi connectivity index (χ0n) is 13.2. The van der Waals surface area contributed by atoms with Crippen molar-refractivity contribution in [1.29, 1.82) is 0 Å². The molecule has 1 aromatic rings. The summed E-state index contributed by atoms with van der Waals surface area (Å²) in [4.78, 5) is 24.7. The smallest absolute Gasteiger partial charge is 0.317 e. The van der Waals surface area contributed by atoms with Gasteiger partial charge in [0.25, 0.3) is 0 Å². The second-order valence-corrected chi connectivity index (χ2v) is 6.36. The maximum Gasteiger partial charge on any atom is 0.317 e. The molecule has 2 N–H and O–H groups in total. The average molecular weight is 318 g/mol. The molecule has 1 atom stereocenters. The predicted octanol–water partition coefficient (Wildman–Crippen LogP) is 2.06. The van der Waals surface area contributed by atoms with Crippen molar-refractivity contribution >= 4 is 12.0 Å². The number of urea groups is 1. The molecule has 1 saturated heterocycles. The molecular weight excluding hydrogens is 296 g/mol. The first-order valence-electron chi connectivity index (χ1n) is 7.99. The highest BCUT2D eigenvalue weighted by atomic mass is 16.5. The summed E-state index contributed by atoms with van der Waals surface area (Å²) in [6.45, 7) is 0.835. The van der Waals surface area contributed by atoms with Gasteiger partial charge in [0.2, 0.25) is 0 Å². The van der Waals surface area contributed by atoms with Gasteiger partial charge in [-0.1, -0.05) is 12.1 Å². The van der Waals surface area contributed by atoms with E-state index in [1.165, 1.54) is 5.56 Å². The van der Waals surface area contributed by atoms with E-state index in [2.05, 4.69) is 11.4 Å². The van der Waals surface area contributed by atoms with E-state index in [9.17, 15) is 9.59 Å². The Labute approximate surface area is 135 Å². The number of hydrogen-bond acceptors (Lipinski definition) is 3. The summed E-state index contributed by atoms with van der Waals surface area (Å²) in [7, 11) is 1.66. The van der Waals surface area contributed by atoms with Crippen LogP contribution in [0.3, 0.4) is 0 Å². The number of aliphatic carboxylic acids is 1. The first-order chi connectivity index (χ1) is 11.1. The molecule has 3 rings (SSSR count). The van der Waals surface area contributed by atoms with E-state index in [0.29, 0.717) is 25.4 Å². The molecule has 124 valence electrons. The molecule has 0 aromatic heterocycles. The molecule has 6 heteroatoms. The van der Waals surface area contributed by atoms with Crippen LogP contribution in [-0.4, -0.2) is 48.2 Å². The predicted molar refractivity (Wildman–Crippen MR) is 84.6 cm³/mol. The highest BCUT2D eigenvalue weighted by Gasteiger charge is 2.35. The number of likely N-dealkylation sites (tertiary alicyclic amines) is 1. The Morgan fingerprint density at radius 2 is 2.13 bits per heavy atom. The highest BCUT2D eigenvalue weighted by Crippen LogP contribution is 2.38. The highest BCUT2D eigenvalue weighted by molar-refractivity contribution is 5.77. The van der Waals surface area contributed by atoms with Gasteiger partial charge in [-0.15, -0.1) is 0 Å². The van der Waals surface area contributed by atoms with Gasteiger partial charge in [-0.05, 0) is 42.9 Å².